The highest BCUT2D eigenvalue weighted by Crippen LogP contribution is 1.78. The lowest BCUT2D eigenvalue weighted by molar-refractivity contribution is -0.145. The van der Waals surface area contributed by atoms with Gasteiger partial charge in [0.1, 0.15) is 13.2 Å². The molecule has 0 amide bonds. The first-order valence-electron chi connectivity index (χ1n) is 4.65. The molecule has 0 spiro atoms. The summed E-state index contributed by atoms with van der Waals surface area (Å²) >= 11 is 0. The number of esters is 1. The molecule has 0 aromatic carbocycles. The fourth-order valence-electron chi connectivity index (χ4n) is 0.559. The van der Waals surface area contributed by atoms with Crippen LogP contribution in [-0.2, 0) is 9.53 Å². The van der Waals surface area contributed by atoms with Gasteiger partial charge in [-0.1, -0.05) is 11.8 Å². The maximum Gasteiger partial charge on any atom is 0.332 e. The zero-order valence-electron chi connectivity index (χ0n) is 9.33. The van der Waals surface area contributed by atoms with Gasteiger partial charge in [0.2, 0.25) is 0 Å². The Morgan fingerprint density at radius 2 is 1.82 bits per heavy atom. The molecule has 3 heteroatoms. The van der Waals surface area contributed by atoms with Crippen molar-refractivity contribution in [3.8, 4) is 47.4 Å². The Bertz CT molecular complexity index is 511. The standard InChI is InChI=1S/C14H10O3/c1-2-3-4-5-6-7-8-9-10-11-12-17-14(16)13-15/h10-11,15H,12-13H2,1H3. The highest BCUT2D eigenvalue weighted by molar-refractivity contribution is 5.70. The van der Waals surface area contributed by atoms with Crippen molar-refractivity contribution in [2.24, 2.45) is 0 Å². The van der Waals surface area contributed by atoms with Gasteiger partial charge in [-0.25, -0.2) is 4.79 Å². The molecule has 0 bridgehead atoms. The third-order valence-corrected chi connectivity index (χ3v) is 1.18. The molecule has 0 saturated carbocycles. The van der Waals surface area contributed by atoms with Crippen molar-refractivity contribution < 1.29 is 14.6 Å². The number of aliphatic hydroxyl groups is 1. The maximum atomic E-state index is 10.5. The minimum Gasteiger partial charge on any atom is -0.460 e. The molecule has 0 fully saturated rings. The van der Waals surface area contributed by atoms with E-state index in [0.717, 1.165) is 0 Å². The van der Waals surface area contributed by atoms with E-state index in [1.54, 1.807) is 6.92 Å². The third-order valence-electron chi connectivity index (χ3n) is 1.18. The van der Waals surface area contributed by atoms with Gasteiger partial charge in [0.15, 0.2) is 0 Å². The summed E-state index contributed by atoms with van der Waals surface area (Å²) in [5.41, 5.74) is 0. The van der Waals surface area contributed by atoms with Crippen LogP contribution in [0, 0.1) is 47.4 Å². The quantitative estimate of drug-likeness (QED) is 0.549. The van der Waals surface area contributed by atoms with Crippen LogP contribution in [-0.4, -0.2) is 24.3 Å². The lowest BCUT2D eigenvalue weighted by atomic mass is 10.4. The smallest absolute Gasteiger partial charge is 0.332 e. The number of carbonyl (C=O) groups excluding carboxylic acids is 1. The van der Waals surface area contributed by atoms with Crippen LogP contribution in [0.2, 0.25) is 0 Å². The number of rotatable bonds is 3. The predicted molar refractivity (Wildman–Crippen MR) is 64.0 cm³/mol. The van der Waals surface area contributed by atoms with Crippen LogP contribution in [0.5, 0.6) is 0 Å². The Morgan fingerprint density at radius 3 is 2.47 bits per heavy atom. The summed E-state index contributed by atoms with van der Waals surface area (Å²) in [5.74, 6) is 19.6. The SMILES string of the molecule is CC#CC#CC#CC#CC=CCOC(=O)CO. The topological polar surface area (TPSA) is 46.5 Å². The molecule has 0 radical (unpaired) electrons. The van der Waals surface area contributed by atoms with Gasteiger partial charge < -0.3 is 9.84 Å². The van der Waals surface area contributed by atoms with Gasteiger partial charge in [-0.2, -0.15) is 0 Å². The summed E-state index contributed by atoms with van der Waals surface area (Å²) in [6, 6.07) is 0. The number of hydrogen-bond donors (Lipinski definition) is 1. The zero-order valence-corrected chi connectivity index (χ0v) is 9.33. The normalized spacial score (nSPS) is 7.18. The van der Waals surface area contributed by atoms with Crippen molar-refractivity contribution in [2.75, 3.05) is 13.2 Å². The first kappa shape index (κ1) is 14.4. The summed E-state index contributed by atoms with van der Waals surface area (Å²) in [6.07, 6.45) is 3.04. The lowest BCUT2D eigenvalue weighted by Crippen LogP contribution is -2.08. The molecule has 0 unspecified atom stereocenters. The molecule has 0 saturated heterocycles. The fraction of sp³-hybridized carbons (Fsp3) is 0.214. The fourth-order valence-corrected chi connectivity index (χ4v) is 0.559. The van der Waals surface area contributed by atoms with Gasteiger partial charge >= 0.3 is 5.97 Å². The molecule has 0 aromatic heterocycles. The van der Waals surface area contributed by atoms with Crippen molar-refractivity contribution in [3.63, 3.8) is 0 Å². The summed E-state index contributed by atoms with van der Waals surface area (Å²) in [6.45, 7) is 1.15. The second-order valence-electron chi connectivity index (χ2n) is 2.39. The minimum atomic E-state index is -0.672. The van der Waals surface area contributed by atoms with Crippen LogP contribution < -0.4 is 0 Å². The van der Waals surface area contributed by atoms with Crippen LogP contribution in [0.1, 0.15) is 6.92 Å². The van der Waals surface area contributed by atoms with E-state index in [1.165, 1.54) is 12.2 Å². The molecule has 0 aliphatic heterocycles. The van der Waals surface area contributed by atoms with Crippen LogP contribution in [0.25, 0.3) is 0 Å². The van der Waals surface area contributed by atoms with Gasteiger partial charge in [-0.3, -0.25) is 0 Å². The zero-order chi connectivity index (χ0) is 12.8. The van der Waals surface area contributed by atoms with Gasteiger partial charge in [0.05, 0.1) is 0 Å². The molecule has 0 aliphatic carbocycles. The second kappa shape index (κ2) is 11.5. The van der Waals surface area contributed by atoms with E-state index < -0.39 is 12.6 Å². The van der Waals surface area contributed by atoms with Gasteiger partial charge in [0.25, 0.3) is 0 Å². The van der Waals surface area contributed by atoms with E-state index in [9.17, 15) is 4.79 Å². The molecule has 3 nitrogen and oxygen atoms in total. The minimum absolute atomic E-state index is 0.0768. The first-order chi connectivity index (χ1) is 8.31. The van der Waals surface area contributed by atoms with E-state index in [0.29, 0.717) is 0 Å². The number of carbonyl (C=O) groups is 1. The largest absolute Gasteiger partial charge is 0.460 e. The van der Waals surface area contributed by atoms with Crippen LogP contribution in [0.15, 0.2) is 12.2 Å². The van der Waals surface area contributed by atoms with Gasteiger partial charge in [-0.05, 0) is 54.6 Å². The van der Waals surface area contributed by atoms with E-state index in [1.807, 2.05) is 0 Å². The Morgan fingerprint density at radius 1 is 1.18 bits per heavy atom. The van der Waals surface area contributed by atoms with Crippen molar-refractivity contribution in [1.82, 2.24) is 0 Å². The Labute approximate surface area is 101 Å². The molecule has 0 heterocycles. The van der Waals surface area contributed by atoms with Crippen LogP contribution in [0.3, 0.4) is 0 Å². The van der Waals surface area contributed by atoms with Gasteiger partial charge in [0, 0.05) is 0 Å². The third kappa shape index (κ3) is 11.3. The average Bonchev–Trinajstić information content (AvgIpc) is 2.35. The second-order valence-corrected chi connectivity index (χ2v) is 2.39. The number of allylic oxidation sites excluding steroid dienone is 1. The average molecular weight is 226 g/mol. The maximum absolute atomic E-state index is 10.5. The summed E-state index contributed by atoms with van der Waals surface area (Å²) < 4.78 is 4.55. The molecule has 0 aromatic rings. The highest BCUT2D eigenvalue weighted by atomic mass is 16.5. The lowest BCUT2D eigenvalue weighted by Gasteiger charge is -1.95. The number of aliphatic hydroxyl groups excluding tert-OH is 1. The summed E-state index contributed by atoms with van der Waals surface area (Å²) in [7, 11) is 0. The summed E-state index contributed by atoms with van der Waals surface area (Å²) in [5, 5.41) is 8.33. The molecular formula is C14H10O3. The van der Waals surface area contributed by atoms with Crippen LogP contribution in [0.4, 0.5) is 0 Å². The number of ether oxygens (including phenoxy) is 1. The number of hydrogen-bond acceptors (Lipinski definition) is 3. The first-order valence-corrected chi connectivity index (χ1v) is 4.65. The molecular weight excluding hydrogens is 216 g/mol. The Balaban J connectivity index is 3.89. The van der Waals surface area contributed by atoms with E-state index in [2.05, 4.69) is 52.1 Å². The Hall–Kier alpha value is -2.59. The predicted octanol–water partition coefficient (Wildman–Crippen LogP) is 0.112. The van der Waals surface area contributed by atoms with Gasteiger partial charge in [-0.15, -0.1) is 0 Å². The molecule has 0 atom stereocenters. The summed E-state index contributed by atoms with van der Waals surface area (Å²) in [4.78, 5) is 10.5. The van der Waals surface area contributed by atoms with Crippen molar-refractivity contribution in [3.05, 3.63) is 12.2 Å². The highest BCUT2D eigenvalue weighted by Gasteiger charge is 1.94. The van der Waals surface area contributed by atoms with E-state index in [-0.39, 0.29) is 6.61 Å². The molecule has 0 aliphatic rings. The molecule has 84 valence electrons. The Kier molecular flexibility index (Phi) is 9.73. The monoisotopic (exact) mass is 226 g/mol. The van der Waals surface area contributed by atoms with Crippen molar-refractivity contribution in [2.45, 2.75) is 6.92 Å². The van der Waals surface area contributed by atoms with Crippen molar-refractivity contribution >= 4 is 5.97 Å². The molecule has 0 rings (SSSR count). The van der Waals surface area contributed by atoms with E-state index in [4.69, 9.17) is 5.11 Å². The van der Waals surface area contributed by atoms with Crippen molar-refractivity contribution in [1.29, 1.82) is 0 Å². The van der Waals surface area contributed by atoms with E-state index >= 15 is 0 Å². The molecule has 1 N–H and O–H groups in total. The molecule has 17 heavy (non-hydrogen) atoms. The van der Waals surface area contributed by atoms with Crippen LogP contribution >= 0.6 is 0 Å².